The van der Waals surface area contributed by atoms with E-state index >= 15 is 0 Å². The van der Waals surface area contributed by atoms with E-state index in [9.17, 15) is 9.46 Å². The van der Waals surface area contributed by atoms with Crippen LogP contribution >= 0.6 is 7.60 Å². The van der Waals surface area contributed by atoms with E-state index in [1.54, 1.807) is 20.1 Å². The zero-order chi connectivity index (χ0) is 25.7. The van der Waals surface area contributed by atoms with E-state index in [-0.39, 0.29) is 6.10 Å². The molecule has 1 N–H and O–H groups in total. The normalized spacial score (nSPS) is 14.0. The topological polar surface area (TPSA) is 65.0 Å². The summed E-state index contributed by atoms with van der Waals surface area (Å²) in [6.45, 7) is 5.76. The summed E-state index contributed by atoms with van der Waals surface area (Å²) in [6.07, 6.45) is 1.97. The van der Waals surface area contributed by atoms with Gasteiger partial charge in [-0.25, -0.2) is 0 Å². The molecule has 4 aromatic rings. The Balaban J connectivity index is 1.69. The molecule has 0 aromatic heterocycles. The number of rotatable bonds is 9. The Labute approximate surface area is 212 Å². The third-order valence-electron chi connectivity index (χ3n) is 6.02. The summed E-state index contributed by atoms with van der Waals surface area (Å²) < 4.78 is 29.4. The minimum atomic E-state index is -3.80. The molecule has 0 aliphatic carbocycles. The lowest BCUT2D eigenvalue weighted by molar-refractivity contribution is 0.192. The summed E-state index contributed by atoms with van der Waals surface area (Å²) in [5.41, 5.74) is 3.96. The first kappa shape index (κ1) is 25.7. The maximum absolute atomic E-state index is 12.3. The molecule has 0 radical (unpaired) electrons. The fraction of sp³-hybridized carbons (Fsp3) is 0.200. The highest BCUT2D eigenvalue weighted by atomic mass is 31.2. The molecule has 0 bridgehead atoms. The average molecular weight is 503 g/mol. The van der Waals surface area contributed by atoms with Crippen LogP contribution in [-0.4, -0.2) is 18.1 Å². The van der Waals surface area contributed by atoms with Gasteiger partial charge in [0.2, 0.25) is 0 Å². The second-order valence-electron chi connectivity index (χ2n) is 8.73. The van der Waals surface area contributed by atoms with Crippen LogP contribution in [0.1, 0.15) is 31.4 Å². The number of hydrogen-bond acceptors (Lipinski definition) is 4. The van der Waals surface area contributed by atoms with Crippen molar-refractivity contribution in [1.29, 1.82) is 0 Å². The van der Waals surface area contributed by atoms with Crippen molar-refractivity contribution < 1.29 is 23.5 Å². The predicted octanol–water partition coefficient (Wildman–Crippen LogP) is 8.59. The van der Waals surface area contributed by atoms with Crippen LogP contribution in [0.3, 0.4) is 0 Å². The largest absolute Gasteiger partial charge is 0.497 e. The van der Waals surface area contributed by atoms with Gasteiger partial charge in [-0.3, -0.25) is 4.57 Å². The Morgan fingerprint density at radius 2 is 1.67 bits per heavy atom. The Hall–Kier alpha value is -3.37. The van der Waals surface area contributed by atoms with Crippen LogP contribution in [0.2, 0.25) is 0 Å². The number of benzene rings is 4. The van der Waals surface area contributed by atoms with Crippen LogP contribution in [0.4, 0.5) is 0 Å². The van der Waals surface area contributed by atoms with Gasteiger partial charge in [-0.15, -0.1) is 0 Å². The first-order valence-corrected chi connectivity index (χ1v) is 13.6. The SMILES string of the molecule is CCC(C)OP(=O)(O)C=Cc1ccc(Oc2c(-c3ccccc3)c(C)cc3cc(OC)ccc23)cc1. The van der Waals surface area contributed by atoms with E-state index in [0.29, 0.717) is 12.2 Å². The van der Waals surface area contributed by atoms with E-state index in [1.165, 1.54) is 5.82 Å². The highest BCUT2D eigenvalue weighted by Crippen LogP contribution is 2.46. The molecule has 0 saturated carbocycles. The van der Waals surface area contributed by atoms with Crippen molar-refractivity contribution in [3.63, 3.8) is 0 Å². The van der Waals surface area contributed by atoms with Gasteiger partial charge >= 0.3 is 7.60 Å². The number of aryl methyl sites for hydroxylation is 1. The molecule has 0 aliphatic rings. The van der Waals surface area contributed by atoms with E-state index in [1.807, 2.05) is 67.6 Å². The second-order valence-corrected chi connectivity index (χ2v) is 10.4. The Bertz CT molecular complexity index is 1410. The maximum Gasteiger partial charge on any atom is 0.351 e. The zero-order valence-corrected chi connectivity index (χ0v) is 21.9. The minimum absolute atomic E-state index is 0.288. The Morgan fingerprint density at radius 1 is 0.972 bits per heavy atom. The molecule has 0 aliphatic heterocycles. The molecule has 0 spiro atoms. The van der Waals surface area contributed by atoms with Crippen LogP contribution in [0, 0.1) is 6.92 Å². The number of hydrogen-bond donors (Lipinski definition) is 1. The fourth-order valence-corrected chi connectivity index (χ4v) is 5.09. The molecule has 186 valence electrons. The van der Waals surface area contributed by atoms with Crippen LogP contribution in [-0.2, 0) is 9.09 Å². The molecule has 0 heterocycles. The second kappa shape index (κ2) is 11.1. The lowest BCUT2D eigenvalue weighted by Gasteiger charge is -2.18. The van der Waals surface area contributed by atoms with E-state index < -0.39 is 7.60 Å². The molecule has 6 heteroatoms. The molecule has 0 amide bonds. The fourth-order valence-electron chi connectivity index (χ4n) is 4.00. The summed E-state index contributed by atoms with van der Waals surface area (Å²) >= 11 is 0. The smallest absolute Gasteiger partial charge is 0.351 e. The zero-order valence-electron chi connectivity index (χ0n) is 21.0. The molecule has 2 unspecified atom stereocenters. The van der Waals surface area contributed by atoms with Gasteiger partial charge in [0, 0.05) is 16.8 Å². The van der Waals surface area contributed by atoms with Crippen LogP contribution in [0.25, 0.3) is 28.0 Å². The van der Waals surface area contributed by atoms with Crippen LogP contribution in [0.15, 0.2) is 84.7 Å². The molecule has 0 saturated heterocycles. The predicted molar refractivity (Wildman–Crippen MR) is 147 cm³/mol. The molecule has 2 atom stereocenters. The Kier molecular flexibility index (Phi) is 7.95. The van der Waals surface area contributed by atoms with Gasteiger partial charge in [-0.2, -0.15) is 0 Å². The van der Waals surface area contributed by atoms with Gasteiger partial charge in [-0.05, 0) is 78.8 Å². The van der Waals surface area contributed by atoms with Crippen molar-refractivity contribution in [2.45, 2.75) is 33.3 Å². The lowest BCUT2D eigenvalue weighted by atomic mass is 9.94. The van der Waals surface area contributed by atoms with Gasteiger partial charge in [0.25, 0.3) is 0 Å². The maximum atomic E-state index is 12.3. The van der Waals surface area contributed by atoms with Gasteiger partial charge in [0.1, 0.15) is 17.2 Å². The van der Waals surface area contributed by atoms with Gasteiger partial charge in [0.05, 0.1) is 13.2 Å². The monoisotopic (exact) mass is 502 g/mol. The lowest BCUT2D eigenvalue weighted by Crippen LogP contribution is -2.02. The van der Waals surface area contributed by atoms with Crippen molar-refractivity contribution in [3.05, 3.63) is 95.8 Å². The molecule has 4 aromatic carbocycles. The van der Waals surface area contributed by atoms with Crippen LogP contribution < -0.4 is 9.47 Å². The minimum Gasteiger partial charge on any atom is -0.497 e. The first-order chi connectivity index (χ1) is 17.3. The summed E-state index contributed by atoms with van der Waals surface area (Å²) in [7, 11) is -2.14. The van der Waals surface area contributed by atoms with Crippen molar-refractivity contribution >= 4 is 24.4 Å². The standard InChI is InChI=1S/C30H31O5P/c1-5-22(3)35-36(31,32)18-17-23-11-13-26(14-12-23)34-30-28-16-15-27(33-4)20-25(28)19-21(2)29(30)24-9-7-6-8-10-24/h6-20,22H,5H2,1-4H3,(H,31,32). The molecule has 4 rings (SSSR count). The molecular formula is C30H31O5P. The molecular weight excluding hydrogens is 471 g/mol. The third kappa shape index (κ3) is 6.06. The van der Waals surface area contributed by atoms with Crippen molar-refractivity contribution in [2.75, 3.05) is 7.11 Å². The number of fused-ring (bicyclic) bond motifs is 1. The van der Waals surface area contributed by atoms with Crippen molar-refractivity contribution in [3.8, 4) is 28.4 Å². The summed E-state index contributed by atoms with van der Waals surface area (Å²) in [5.74, 6) is 3.44. The summed E-state index contributed by atoms with van der Waals surface area (Å²) in [5, 5.41) is 2.01. The Morgan fingerprint density at radius 3 is 2.33 bits per heavy atom. The van der Waals surface area contributed by atoms with E-state index in [2.05, 4.69) is 25.1 Å². The number of methoxy groups -OCH3 is 1. The van der Waals surface area contributed by atoms with Gasteiger partial charge in [0.15, 0.2) is 0 Å². The first-order valence-electron chi connectivity index (χ1n) is 11.9. The van der Waals surface area contributed by atoms with E-state index in [0.717, 1.165) is 44.5 Å². The van der Waals surface area contributed by atoms with Gasteiger partial charge in [-0.1, -0.05) is 55.5 Å². The summed E-state index contributed by atoms with van der Waals surface area (Å²) in [6, 6.07) is 25.7. The van der Waals surface area contributed by atoms with E-state index in [4.69, 9.17) is 14.0 Å². The van der Waals surface area contributed by atoms with Crippen LogP contribution in [0.5, 0.6) is 17.2 Å². The molecule has 0 fully saturated rings. The molecule has 5 nitrogen and oxygen atoms in total. The quantitative estimate of drug-likeness (QED) is 0.232. The van der Waals surface area contributed by atoms with Gasteiger partial charge < -0.3 is 18.9 Å². The molecule has 36 heavy (non-hydrogen) atoms. The average Bonchev–Trinajstić information content (AvgIpc) is 2.88. The summed E-state index contributed by atoms with van der Waals surface area (Å²) in [4.78, 5) is 10.0. The number of ether oxygens (including phenoxy) is 2. The third-order valence-corrected chi connectivity index (χ3v) is 7.21. The van der Waals surface area contributed by atoms with Crippen molar-refractivity contribution in [1.82, 2.24) is 0 Å². The highest BCUT2D eigenvalue weighted by Gasteiger charge is 2.18. The van der Waals surface area contributed by atoms with Crippen molar-refractivity contribution in [2.24, 2.45) is 0 Å². The highest BCUT2D eigenvalue weighted by molar-refractivity contribution is 7.56.